The van der Waals surface area contributed by atoms with Crippen LogP contribution in [0.5, 0.6) is 5.75 Å². The first kappa shape index (κ1) is 18.7. The molecule has 3 aromatic rings. The Balaban J connectivity index is 1.43. The number of amides is 2. The standard InChI is InChI=1S/C24H22N2O3/c1-2-16-8-3-5-12-20(16)26-23(27)18-10-7-11-19(14-18)25-24(28)22-15-17-9-4-6-13-21(17)29-22/h3-14,22H,2,15H2,1H3,(H,25,28)(H,26,27). The van der Waals surface area contributed by atoms with E-state index in [0.29, 0.717) is 17.7 Å². The molecule has 4 rings (SSSR count). The normalized spacial score (nSPS) is 14.6. The van der Waals surface area contributed by atoms with Crippen molar-refractivity contribution in [2.75, 3.05) is 10.6 Å². The summed E-state index contributed by atoms with van der Waals surface area (Å²) in [5.41, 5.74) is 3.93. The van der Waals surface area contributed by atoms with Crippen molar-refractivity contribution in [1.82, 2.24) is 0 Å². The maximum atomic E-state index is 12.7. The number of nitrogens with one attached hydrogen (secondary N) is 2. The van der Waals surface area contributed by atoms with Crippen LogP contribution in [0.4, 0.5) is 11.4 Å². The summed E-state index contributed by atoms with van der Waals surface area (Å²) in [5.74, 6) is 0.303. The number of anilines is 2. The monoisotopic (exact) mass is 386 g/mol. The van der Waals surface area contributed by atoms with E-state index in [1.165, 1.54) is 0 Å². The fourth-order valence-electron chi connectivity index (χ4n) is 3.43. The average Bonchev–Trinajstić information content (AvgIpc) is 3.19. The van der Waals surface area contributed by atoms with Gasteiger partial charge in [0.25, 0.3) is 11.8 Å². The van der Waals surface area contributed by atoms with E-state index in [9.17, 15) is 9.59 Å². The average molecular weight is 386 g/mol. The number of fused-ring (bicyclic) bond motifs is 1. The van der Waals surface area contributed by atoms with Crippen LogP contribution in [0.25, 0.3) is 0 Å². The maximum Gasteiger partial charge on any atom is 0.265 e. The highest BCUT2D eigenvalue weighted by molar-refractivity contribution is 6.06. The zero-order valence-electron chi connectivity index (χ0n) is 16.1. The Morgan fingerprint density at radius 3 is 2.59 bits per heavy atom. The summed E-state index contributed by atoms with van der Waals surface area (Å²) in [6, 6.07) is 22.3. The van der Waals surface area contributed by atoms with Gasteiger partial charge >= 0.3 is 0 Å². The van der Waals surface area contributed by atoms with E-state index in [2.05, 4.69) is 10.6 Å². The zero-order chi connectivity index (χ0) is 20.2. The minimum absolute atomic E-state index is 0.216. The van der Waals surface area contributed by atoms with Gasteiger partial charge in [0.05, 0.1) is 0 Å². The lowest BCUT2D eigenvalue weighted by Crippen LogP contribution is -2.31. The van der Waals surface area contributed by atoms with Gasteiger partial charge in [0, 0.05) is 23.4 Å². The van der Waals surface area contributed by atoms with Gasteiger partial charge in [0.2, 0.25) is 0 Å². The molecular weight excluding hydrogens is 364 g/mol. The number of rotatable bonds is 5. The molecule has 0 saturated carbocycles. The molecule has 0 aliphatic carbocycles. The van der Waals surface area contributed by atoms with Crippen LogP contribution in [-0.4, -0.2) is 17.9 Å². The number of para-hydroxylation sites is 2. The molecule has 1 aliphatic heterocycles. The Hall–Kier alpha value is -3.60. The Morgan fingerprint density at radius 1 is 0.966 bits per heavy atom. The smallest absolute Gasteiger partial charge is 0.265 e. The molecule has 146 valence electrons. The molecule has 0 spiro atoms. The molecule has 1 aliphatic rings. The summed E-state index contributed by atoms with van der Waals surface area (Å²) in [5, 5.41) is 5.81. The summed E-state index contributed by atoms with van der Waals surface area (Å²) in [6.45, 7) is 2.05. The van der Waals surface area contributed by atoms with Gasteiger partial charge in [-0.2, -0.15) is 0 Å². The fourth-order valence-corrected chi connectivity index (χ4v) is 3.43. The highest BCUT2D eigenvalue weighted by atomic mass is 16.5. The van der Waals surface area contributed by atoms with Gasteiger partial charge in [0.1, 0.15) is 5.75 Å². The highest BCUT2D eigenvalue weighted by Crippen LogP contribution is 2.28. The van der Waals surface area contributed by atoms with Crippen LogP contribution in [-0.2, 0) is 17.6 Å². The third-order valence-corrected chi connectivity index (χ3v) is 4.98. The van der Waals surface area contributed by atoms with Crippen LogP contribution >= 0.6 is 0 Å². The van der Waals surface area contributed by atoms with Crippen molar-refractivity contribution in [2.45, 2.75) is 25.9 Å². The van der Waals surface area contributed by atoms with Crippen LogP contribution in [0.15, 0.2) is 72.8 Å². The molecule has 0 fully saturated rings. The van der Waals surface area contributed by atoms with Gasteiger partial charge in [-0.3, -0.25) is 9.59 Å². The van der Waals surface area contributed by atoms with Crippen molar-refractivity contribution in [3.8, 4) is 5.75 Å². The SMILES string of the molecule is CCc1ccccc1NC(=O)c1cccc(NC(=O)C2Cc3ccccc3O2)c1. The van der Waals surface area contributed by atoms with E-state index >= 15 is 0 Å². The lowest BCUT2D eigenvalue weighted by molar-refractivity contribution is -0.122. The van der Waals surface area contributed by atoms with Crippen molar-refractivity contribution in [3.05, 3.63) is 89.5 Å². The molecule has 29 heavy (non-hydrogen) atoms. The predicted octanol–water partition coefficient (Wildman–Crippen LogP) is 4.44. The van der Waals surface area contributed by atoms with Crippen molar-refractivity contribution in [3.63, 3.8) is 0 Å². The molecule has 0 radical (unpaired) electrons. The molecular formula is C24H22N2O3. The highest BCUT2D eigenvalue weighted by Gasteiger charge is 2.28. The third kappa shape index (κ3) is 4.14. The van der Waals surface area contributed by atoms with E-state index in [1.807, 2.05) is 55.5 Å². The van der Waals surface area contributed by atoms with Gasteiger partial charge in [-0.15, -0.1) is 0 Å². The number of aryl methyl sites for hydroxylation is 1. The summed E-state index contributed by atoms with van der Waals surface area (Å²) >= 11 is 0. The quantitative estimate of drug-likeness (QED) is 0.681. The Labute approximate surface area is 169 Å². The maximum absolute atomic E-state index is 12.7. The predicted molar refractivity (Wildman–Crippen MR) is 113 cm³/mol. The van der Waals surface area contributed by atoms with E-state index in [1.54, 1.807) is 24.3 Å². The Morgan fingerprint density at radius 2 is 1.76 bits per heavy atom. The second-order valence-electron chi connectivity index (χ2n) is 6.95. The van der Waals surface area contributed by atoms with Gasteiger partial charge in [-0.25, -0.2) is 0 Å². The number of hydrogen-bond donors (Lipinski definition) is 2. The number of benzene rings is 3. The molecule has 1 atom stereocenters. The summed E-state index contributed by atoms with van der Waals surface area (Å²) < 4.78 is 5.73. The topological polar surface area (TPSA) is 67.4 Å². The van der Waals surface area contributed by atoms with Crippen molar-refractivity contribution in [1.29, 1.82) is 0 Å². The summed E-state index contributed by atoms with van der Waals surface area (Å²) in [6.07, 6.45) is 0.799. The van der Waals surface area contributed by atoms with Gasteiger partial charge in [0.15, 0.2) is 6.10 Å². The zero-order valence-corrected chi connectivity index (χ0v) is 16.1. The number of carbonyl (C=O) groups is 2. The molecule has 0 bridgehead atoms. The van der Waals surface area contributed by atoms with Crippen molar-refractivity contribution < 1.29 is 14.3 Å². The van der Waals surface area contributed by atoms with Gasteiger partial charge in [-0.1, -0.05) is 49.4 Å². The minimum atomic E-state index is -0.568. The molecule has 1 unspecified atom stereocenters. The number of hydrogen-bond acceptors (Lipinski definition) is 3. The van der Waals surface area contributed by atoms with E-state index < -0.39 is 6.10 Å². The Bertz CT molecular complexity index is 1040. The van der Waals surface area contributed by atoms with Crippen LogP contribution in [0, 0.1) is 0 Å². The second-order valence-corrected chi connectivity index (χ2v) is 6.95. The minimum Gasteiger partial charge on any atom is -0.480 e. The summed E-state index contributed by atoms with van der Waals surface area (Å²) in [4.78, 5) is 25.3. The van der Waals surface area contributed by atoms with E-state index in [4.69, 9.17) is 4.74 Å². The van der Waals surface area contributed by atoms with Crippen LogP contribution in [0.3, 0.4) is 0 Å². The van der Waals surface area contributed by atoms with Crippen LogP contribution in [0.2, 0.25) is 0 Å². The molecule has 0 saturated heterocycles. The first-order valence-electron chi connectivity index (χ1n) is 9.69. The van der Waals surface area contributed by atoms with Crippen molar-refractivity contribution >= 4 is 23.2 Å². The fraction of sp³-hybridized carbons (Fsp3) is 0.167. The van der Waals surface area contributed by atoms with E-state index in [0.717, 1.165) is 29.0 Å². The van der Waals surface area contributed by atoms with Crippen molar-refractivity contribution in [2.24, 2.45) is 0 Å². The molecule has 1 heterocycles. The molecule has 2 amide bonds. The largest absolute Gasteiger partial charge is 0.480 e. The molecule has 0 aromatic heterocycles. The van der Waals surface area contributed by atoms with Crippen LogP contribution in [0.1, 0.15) is 28.4 Å². The van der Waals surface area contributed by atoms with Gasteiger partial charge in [-0.05, 0) is 47.9 Å². The molecule has 2 N–H and O–H groups in total. The first-order chi connectivity index (χ1) is 14.1. The number of carbonyl (C=O) groups excluding carboxylic acids is 2. The Kier molecular flexibility index (Phi) is 5.29. The summed E-state index contributed by atoms with van der Waals surface area (Å²) in [7, 11) is 0. The van der Waals surface area contributed by atoms with Gasteiger partial charge < -0.3 is 15.4 Å². The molecule has 3 aromatic carbocycles. The number of ether oxygens (including phenoxy) is 1. The third-order valence-electron chi connectivity index (χ3n) is 4.98. The van der Waals surface area contributed by atoms with Crippen LogP contribution < -0.4 is 15.4 Å². The molecule has 5 nitrogen and oxygen atoms in total. The lowest BCUT2D eigenvalue weighted by Gasteiger charge is -2.13. The second kappa shape index (κ2) is 8.19. The first-order valence-corrected chi connectivity index (χ1v) is 9.69. The molecule has 5 heteroatoms. The van der Waals surface area contributed by atoms with E-state index in [-0.39, 0.29) is 11.8 Å². The lowest BCUT2D eigenvalue weighted by atomic mass is 10.1.